The molecule has 0 radical (unpaired) electrons. The normalized spacial score (nSPS) is 27.3. The summed E-state index contributed by atoms with van der Waals surface area (Å²) in [6.45, 7) is 2.39. The lowest BCUT2D eigenvalue weighted by Crippen LogP contribution is -2.70. The van der Waals surface area contributed by atoms with Crippen LogP contribution in [0.2, 0.25) is 0 Å². The van der Waals surface area contributed by atoms with Crippen molar-refractivity contribution in [3.05, 3.63) is 53.8 Å². The van der Waals surface area contributed by atoms with Crippen LogP contribution in [0.3, 0.4) is 0 Å². The van der Waals surface area contributed by atoms with Gasteiger partial charge in [-0.05, 0) is 74.6 Å². The lowest BCUT2D eigenvalue weighted by molar-refractivity contribution is -0.118. The van der Waals surface area contributed by atoms with Gasteiger partial charge in [-0.2, -0.15) is 4.98 Å². The average Bonchev–Trinajstić information content (AvgIpc) is 2.80. The number of amides is 3. The first-order valence-corrected chi connectivity index (χ1v) is 12.8. The molecule has 4 bridgehead atoms. The molecule has 1 aromatic heterocycles. The van der Waals surface area contributed by atoms with Gasteiger partial charge in [-0.1, -0.05) is 12.1 Å². The quantitative estimate of drug-likeness (QED) is 0.405. The van der Waals surface area contributed by atoms with Gasteiger partial charge in [-0.25, -0.2) is 9.18 Å². The van der Waals surface area contributed by atoms with E-state index in [4.69, 9.17) is 4.74 Å². The van der Waals surface area contributed by atoms with E-state index in [2.05, 4.69) is 26.3 Å². The van der Waals surface area contributed by atoms with Gasteiger partial charge in [0.2, 0.25) is 11.8 Å². The number of rotatable bonds is 8. The van der Waals surface area contributed by atoms with Crippen LogP contribution in [0.5, 0.6) is 5.88 Å². The summed E-state index contributed by atoms with van der Waals surface area (Å²) >= 11 is 0. The average molecular weight is 510 g/mol. The third-order valence-corrected chi connectivity index (χ3v) is 7.62. The molecule has 4 saturated carbocycles. The van der Waals surface area contributed by atoms with Crippen LogP contribution in [0.4, 0.5) is 15.0 Å². The van der Waals surface area contributed by atoms with Crippen molar-refractivity contribution in [2.45, 2.75) is 56.5 Å². The van der Waals surface area contributed by atoms with Crippen molar-refractivity contribution in [2.24, 2.45) is 11.8 Å². The van der Waals surface area contributed by atoms with Crippen molar-refractivity contribution in [1.82, 2.24) is 20.9 Å². The minimum atomic E-state index is -0.573. The Labute approximate surface area is 214 Å². The highest BCUT2D eigenvalue weighted by molar-refractivity contribution is 5.94. The van der Waals surface area contributed by atoms with E-state index in [-0.39, 0.29) is 17.7 Å². The van der Waals surface area contributed by atoms with E-state index in [1.807, 2.05) is 0 Å². The number of hydrogen-bond acceptors (Lipinski definition) is 6. The van der Waals surface area contributed by atoms with E-state index < -0.39 is 23.0 Å². The lowest BCUT2D eigenvalue weighted by Gasteiger charge is -2.62. The molecule has 2 unspecified atom stereocenters. The van der Waals surface area contributed by atoms with Crippen molar-refractivity contribution >= 4 is 23.7 Å². The van der Waals surface area contributed by atoms with Gasteiger partial charge in [0.15, 0.2) is 0 Å². The second-order valence-electron chi connectivity index (χ2n) is 10.8. The fourth-order valence-electron chi connectivity index (χ4n) is 6.83. The Morgan fingerprint density at radius 1 is 1.00 bits per heavy atom. The fraction of sp³-hybridized carbons (Fsp3) is 0.481. The number of carbonyl (C=O) groups excluding carboxylic acids is 3. The molecule has 6 rings (SSSR count). The van der Waals surface area contributed by atoms with E-state index in [1.54, 1.807) is 24.3 Å². The molecule has 4 N–H and O–H groups in total. The fourth-order valence-corrected chi connectivity index (χ4v) is 6.83. The summed E-state index contributed by atoms with van der Waals surface area (Å²) < 4.78 is 19.2. The Balaban J connectivity index is 1.22. The topological polar surface area (TPSA) is 121 Å². The van der Waals surface area contributed by atoms with Crippen molar-refractivity contribution < 1.29 is 23.5 Å². The molecule has 3 amide bonds. The zero-order valence-electron chi connectivity index (χ0n) is 20.8. The minimum absolute atomic E-state index is 0.108. The van der Waals surface area contributed by atoms with Crippen molar-refractivity contribution in [2.75, 3.05) is 18.4 Å². The molecule has 1 heterocycles. The molecule has 0 saturated heterocycles. The molecule has 0 spiro atoms. The highest BCUT2D eigenvalue weighted by Gasteiger charge is 2.59. The van der Waals surface area contributed by atoms with Gasteiger partial charge in [0.05, 0.1) is 0 Å². The third kappa shape index (κ3) is 5.84. The molecule has 4 fully saturated rings. The summed E-state index contributed by atoms with van der Waals surface area (Å²) in [4.78, 5) is 41.3. The van der Waals surface area contributed by atoms with Crippen LogP contribution in [0.15, 0.2) is 42.5 Å². The first kappa shape index (κ1) is 25.0. The van der Waals surface area contributed by atoms with E-state index in [9.17, 15) is 18.8 Å². The van der Waals surface area contributed by atoms with Crippen LogP contribution >= 0.6 is 0 Å². The first-order valence-electron chi connectivity index (χ1n) is 12.8. The largest absolute Gasteiger partial charge is 0.414 e. The molecular formula is C27H32FN5O4. The van der Waals surface area contributed by atoms with Crippen LogP contribution in [-0.2, 0) is 4.79 Å². The van der Waals surface area contributed by atoms with Gasteiger partial charge in [-0.3, -0.25) is 9.59 Å². The second kappa shape index (κ2) is 9.99. The Kier molecular flexibility index (Phi) is 6.74. The molecule has 196 valence electrons. The van der Waals surface area contributed by atoms with E-state index in [1.165, 1.54) is 25.1 Å². The molecule has 2 atom stereocenters. The molecule has 2 aromatic rings. The molecule has 9 nitrogen and oxygen atoms in total. The van der Waals surface area contributed by atoms with Crippen LogP contribution in [0.1, 0.15) is 55.8 Å². The summed E-state index contributed by atoms with van der Waals surface area (Å²) in [7, 11) is 0. The smallest absolute Gasteiger partial charge is 0.391 e. The van der Waals surface area contributed by atoms with Crippen LogP contribution < -0.4 is 26.0 Å². The Morgan fingerprint density at radius 3 is 2.41 bits per heavy atom. The Hall–Kier alpha value is -3.69. The molecule has 1 aromatic carbocycles. The maximum Gasteiger partial charge on any atom is 0.414 e. The standard InChI is InChI=1S/C27H32FN5O4/c1-17(34)29-8-9-30-22-6-3-7-23(31-22)37-25(36)33-27-14-18-10-19(15-27)13-26(12-18,16-27)32-24(35)20-4-2-5-21(28)11-20/h2-7,11,18-19H,8-10,12-16H2,1H3,(H,29,34)(H,30,31)(H,32,35)(H,33,36). The van der Waals surface area contributed by atoms with Gasteiger partial charge in [-0.15, -0.1) is 0 Å². The number of pyridine rings is 1. The number of ether oxygens (including phenoxy) is 1. The van der Waals surface area contributed by atoms with Crippen LogP contribution in [0, 0.1) is 17.7 Å². The third-order valence-electron chi connectivity index (χ3n) is 7.62. The molecule has 4 aliphatic rings. The minimum Gasteiger partial charge on any atom is -0.391 e. The number of benzene rings is 1. The number of anilines is 1. The summed E-state index contributed by atoms with van der Waals surface area (Å²) in [5.74, 6) is 0.645. The highest BCUT2D eigenvalue weighted by atomic mass is 19.1. The van der Waals surface area contributed by atoms with Crippen molar-refractivity contribution in [1.29, 1.82) is 0 Å². The molecule has 37 heavy (non-hydrogen) atoms. The molecule has 0 aliphatic heterocycles. The van der Waals surface area contributed by atoms with Gasteiger partial charge in [0.1, 0.15) is 11.6 Å². The van der Waals surface area contributed by atoms with Crippen molar-refractivity contribution in [3.8, 4) is 5.88 Å². The van der Waals surface area contributed by atoms with Gasteiger partial charge >= 0.3 is 6.09 Å². The predicted octanol–water partition coefficient (Wildman–Crippen LogP) is 3.38. The van der Waals surface area contributed by atoms with E-state index in [0.29, 0.717) is 42.7 Å². The second-order valence-corrected chi connectivity index (χ2v) is 10.8. The molecular weight excluding hydrogens is 477 g/mol. The summed E-state index contributed by atoms with van der Waals surface area (Å²) in [6, 6.07) is 10.8. The number of hydrogen-bond donors (Lipinski definition) is 4. The maximum atomic E-state index is 13.7. The van der Waals surface area contributed by atoms with Crippen LogP contribution in [0.25, 0.3) is 0 Å². The number of aromatic nitrogens is 1. The van der Waals surface area contributed by atoms with Gasteiger partial charge in [0, 0.05) is 42.7 Å². The first-order chi connectivity index (χ1) is 17.7. The van der Waals surface area contributed by atoms with Gasteiger partial charge in [0.25, 0.3) is 5.91 Å². The number of nitrogens with zero attached hydrogens (tertiary/aromatic N) is 1. The summed E-state index contributed by atoms with van der Waals surface area (Å²) in [5.41, 5.74) is -0.602. The molecule has 10 heteroatoms. The zero-order valence-corrected chi connectivity index (χ0v) is 20.8. The monoisotopic (exact) mass is 509 g/mol. The predicted molar refractivity (Wildman–Crippen MR) is 135 cm³/mol. The number of nitrogens with one attached hydrogen (secondary N) is 4. The zero-order chi connectivity index (χ0) is 26.0. The lowest BCUT2D eigenvalue weighted by atomic mass is 9.50. The number of halogens is 1. The maximum absolute atomic E-state index is 13.7. The van der Waals surface area contributed by atoms with E-state index in [0.717, 1.165) is 32.1 Å². The molecule has 4 aliphatic carbocycles. The SMILES string of the molecule is CC(=O)NCCNc1cccc(OC(=O)NC23CC4CC(C2)CC(NC(=O)c2cccc(F)c2)(C4)C3)n1. The summed E-state index contributed by atoms with van der Waals surface area (Å²) in [5, 5.41) is 12.1. The number of carbonyl (C=O) groups is 3. The van der Waals surface area contributed by atoms with Crippen LogP contribution in [-0.4, -0.2) is 47.1 Å². The Morgan fingerprint density at radius 2 is 1.70 bits per heavy atom. The summed E-state index contributed by atoms with van der Waals surface area (Å²) in [6.07, 6.45) is 4.53. The van der Waals surface area contributed by atoms with Crippen molar-refractivity contribution in [3.63, 3.8) is 0 Å². The van der Waals surface area contributed by atoms with E-state index >= 15 is 0 Å². The highest BCUT2D eigenvalue weighted by Crippen LogP contribution is 2.57. The Bertz CT molecular complexity index is 1190. The van der Waals surface area contributed by atoms with Gasteiger partial charge < -0.3 is 26.0 Å².